The van der Waals surface area contributed by atoms with Crippen molar-refractivity contribution >= 4 is 40.5 Å². The van der Waals surface area contributed by atoms with Crippen molar-refractivity contribution in [1.82, 2.24) is 4.98 Å². The number of amides is 1. The molecule has 4 nitrogen and oxygen atoms in total. The minimum absolute atomic E-state index is 0.216. The maximum absolute atomic E-state index is 12.0. The summed E-state index contributed by atoms with van der Waals surface area (Å²) in [5.74, 6) is -0.394. The van der Waals surface area contributed by atoms with Crippen LogP contribution in [0.2, 0.25) is 10.0 Å². The highest BCUT2D eigenvalue weighted by molar-refractivity contribution is 6.36. The monoisotopic (exact) mass is 295 g/mol. The van der Waals surface area contributed by atoms with Gasteiger partial charge in [-0.15, -0.1) is 0 Å². The molecule has 6 heteroatoms. The molecule has 0 unspecified atom stereocenters. The molecule has 0 bridgehead atoms. The van der Waals surface area contributed by atoms with Crippen LogP contribution in [0.3, 0.4) is 0 Å². The van der Waals surface area contributed by atoms with Gasteiger partial charge in [-0.3, -0.25) is 9.78 Å². The van der Waals surface area contributed by atoms with Gasteiger partial charge in [0.25, 0.3) is 5.91 Å². The predicted octanol–water partition coefficient (Wildman–Crippen LogP) is 3.53. The van der Waals surface area contributed by atoms with Crippen molar-refractivity contribution < 1.29 is 4.79 Å². The number of aromatic nitrogens is 1. The van der Waals surface area contributed by atoms with E-state index < -0.39 is 5.91 Å². The maximum atomic E-state index is 12.0. The fourth-order valence-corrected chi connectivity index (χ4v) is 1.93. The lowest BCUT2D eigenvalue weighted by Gasteiger charge is -2.09. The molecule has 19 heavy (non-hydrogen) atoms. The number of nitrogens with zero attached hydrogens (tertiary/aromatic N) is 1. The first kappa shape index (κ1) is 13.6. The van der Waals surface area contributed by atoms with Crippen LogP contribution < -0.4 is 11.1 Å². The lowest BCUT2D eigenvalue weighted by atomic mass is 10.2. The van der Waals surface area contributed by atoms with Crippen LogP contribution in [0.1, 0.15) is 16.1 Å². The van der Waals surface area contributed by atoms with Crippen LogP contribution in [-0.2, 0) is 0 Å². The van der Waals surface area contributed by atoms with Crippen molar-refractivity contribution in [3.63, 3.8) is 0 Å². The second-order valence-corrected chi connectivity index (χ2v) is 4.82. The molecule has 2 aromatic rings. The Hall–Kier alpha value is -1.78. The summed E-state index contributed by atoms with van der Waals surface area (Å²) in [6, 6.07) is 6.38. The number of carbonyl (C=O) groups is 1. The first-order valence-electron chi connectivity index (χ1n) is 5.46. The van der Waals surface area contributed by atoms with Crippen molar-refractivity contribution in [2.45, 2.75) is 6.92 Å². The fraction of sp³-hybridized carbons (Fsp3) is 0.0769. The third-order valence-electron chi connectivity index (χ3n) is 2.51. The number of anilines is 2. The van der Waals surface area contributed by atoms with Crippen LogP contribution in [0, 0.1) is 6.92 Å². The number of pyridine rings is 1. The second kappa shape index (κ2) is 5.47. The minimum atomic E-state index is -0.394. The molecule has 2 rings (SSSR count). The molecule has 0 aliphatic heterocycles. The molecule has 1 aromatic heterocycles. The third-order valence-corrected chi connectivity index (χ3v) is 3.23. The zero-order valence-corrected chi connectivity index (χ0v) is 11.6. The van der Waals surface area contributed by atoms with Gasteiger partial charge in [-0.1, -0.05) is 23.2 Å². The zero-order valence-electron chi connectivity index (χ0n) is 10.1. The lowest BCUT2D eigenvalue weighted by Crippen LogP contribution is -2.14. The van der Waals surface area contributed by atoms with E-state index in [1.807, 2.05) is 6.92 Å². The van der Waals surface area contributed by atoms with Crippen molar-refractivity contribution in [3.8, 4) is 0 Å². The molecule has 1 aromatic carbocycles. The van der Waals surface area contributed by atoms with Crippen LogP contribution in [0.15, 0.2) is 30.5 Å². The summed E-state index contributed by atoms with van der Waals surface area (Å²) in [6.45, 7) is 1.83. The number of rotatable bonds is 2. The van der Waals surface area contributed by atoms with Gasteiger partial charge in [-0.25, -0.2) is 0 Å². The smallest absolute Gasteiger partial charge is 0.274 e. The second-order valence-electron chi connectivity index (χ2n) is 4.01. The van der Waals surface area contributed by atoms with E-state index in [0.29, 0.717) is 21.4 Å². The molecule has 0 saturated heterocycles. The molecule has 0 aliphatic carbocycles. The highest BCUT2D eigenvalue weighted by atomic mass is 35.5. The molecule has 0 radical (unpaired) electrons. The lowest BCUT2D eigenvalue weighted by molar-refractivity contribution is 0.102. The van der Waals surface area contributed by atoms with Gasteiger partial charge in [0, 0.05) is 16.9 Å². The van der Waals surface area contributed by atoms with Gasteiger partial charge >= 0.3 is 0 Å². The van der Waals surface area contributed by atoms with Gasteiger partial charge in [0.05, 0.1) is 10.7 Å². The Morgan fingerprint density at radius 2 is 2.00 bits per heavy atom. The van der Waals surface area contributed by atoms with Gasteiger partial charge < -0.3 is 11.1 Å². The SMILES string of the molecule is Cc1cc(Cl)c(NC(=O)c2cc(N)ccn2)cc1Cl. The number of hydrogen-bond donors (Lipinski definition) is 2. The molecular formula is C13H11Cl2N3O. The largest absolute Gasteiger partial charge is 0.399 e. The van der Waals surface area contributed by atoms with Gasteiger partial charge in [-0.2, -0.15) is 0 Å². The Kier molecular flexibility index (Phi) is 3.93. The summed E-state index contributed by atoms with van der Waals surface area (Å²) in [4.78, 5) is 15.9. The van der Waals surface area contributed by atoms with E-state index in [0.717, 1.165) is 5.56 Å². The molecule has 0 aliphatic rings. The fourth-order valence-electron chi connectivity index (χ4n) is 1.50. The number of aryl methyl sites for hydroxylation is 1. The highest BCUT2D eigenvalue weighted by Crippen LogP contribution is 2.29. The molecular weight excluding hydrogens is 285 g/mol. The Morgan fingerprint density at radius 3 is 2.68 bits per heavy atom. The first-order valence-corrected chi connectivity index (χ1v) is 6.21. The summed E-state index contributed by atoms with van der Waals surface area (Å²) >= 11 is 12.0. The summed E-state index contributed by atoms with van der Waals surface area (Å²) in [5.41, 5.74) is 7.55. The number of nitrogens with two attached hydrogens (primary N) is 1. The Labute approximate surface area is 120 Å². The van der Waals surface area contributed by atoms with E-state index in [1.165, 1.54) is 12.3 Å². The minimum Gasteiger partial charge on any atom is -0.399 e. The molecule has 0 atom stereocenters. The molecule has 0 spiro atoms. The average Bonchev–Trinajstić information content (AvgIpc) is 2.36. The van der Waals surface area contributed by atoms with Gasteiger partial charge in [0.15, 0.2) is 0 Å². The summed E-state index contributed by atoms with van der Waals surface area (Å²) < 4.78 is 0. The zero-order chi connectivity index (χ0) is 14.0. The van der Waals surface area contributed by atoms with E-state index in [1.54, 1.807) is 18.2 Å². The van der Waals surface area contributed by atoms with Crippen LogP contribution in [-0.4, -0.2) is 10.9 Å². The van der Waals surface area contributed by atoms with Crippen LogP contribution in [0.25, 0.3) is 0 Å². The molecule has 1 amide bonds. The van der Waals surface area contributed by atoms with Crippen molar-refractivity contribution in [2.24, 2.45) is 0 Å². The normalized spacial score (nSPS) is 10.3. The molecule has 3 N–H and O–H groups in total. The number of halogens is 2. The Bertz CT molecular complexity index is 644. The predicted molar refractivity (Wildman–Crippen MR) is 77.8 cm³/mol. The summed E-state index contributed by atoms with van der Waals surface area (Å²) in [6.07, 6.45) is 1.47. The molecule has 0 saturated carbocycles. The first-order chi connectivity index (χ1) is 8.97. The summed E-state index contributed by atoms with van der Waals surface area (Å²) in [5, 5.41) is 3.59. The molecule has 0 fully saturated rings. The number of nitrogen functional groups attached to an aromatic ring is 1. The standard InChI is InChI=1S/C13H11Cl2N3O/c1-7-4-10(15)11(6-9(7)14)18-13(19)12-5-8(16)2-3-17-12/h2-6H,1H3,(H2,16,17)(H,18,19). The number of carbonyl (C=O) groups excluding carboxylic acids is 1. The van der Waals surface area contributed by atoms with Crippen molar-refractivity contribution in [2.75, 3.05) is 11.1 Å². The van der Waals surface area contributed by atoms with Crippen molar-refractivity contribution in [1.29, 1.82) is 0 Å². The van der Waals surface area contributed by atoms with Crippen LogP contribution >= 0.6 is 23.2 Å². The molecule has 1 heterocycles. The van der Waals surface area contributed by atoms with E-state index in [9.17, 15) is 4.79 Å². The Balaban J connectivity index is 2.27. The number of hydrogen-bond acceptors (Lipinski definition) is 3. The van der Waals surface area contributed by atoms with E-state index >= 15 is 0 Å². The quantitative estimate of drug-likeness (QED) is 0.890. The van der Waals surface area contributed by atoms with Crippen LogP contribution in [0.5, 0.6) is 0 Å². The topological polar surface area (TPSA) is 68.0 Å². The van der Waals surface area contributed by atoms with Gasteiger partial charge in [-0.05, 0) is 36.8 Å². The van der Waals surface area contributed by atoms with Crippen LogP contribution in [0.4, 0.5) is 11.4 Å². The number of nitrogens with one attached hydrogen (secondary N) is 1. The Morgan fingerprint density at radius 1 is 1.26 bits per heavy atom. The highest BCUT2D eigenvalue weighted by Gasteiger charge is 2.11. The average molecular weight is 296 g/mol. The maximum Gasteiger partial charge on any atom is 0.274 e. The van der Waals surface area contributed by atoms with Gasteiger partial charge in [0.2, 0.25) is 0 Å². The van der Waals surface area contributed by atoms with E-state index in [2.05, 4.69) is 10.3 Å². The number of benzene rings is 1. The third kappa shape index (κ3) is 3.16. The summed E-state index contributed by atoms with van der Waals surface area (Å²) in [7, 11) is 0. The van der Waals surface area contributed by atoms with E-state index in [-0.39, 0.29) is 5.69 Å². The van der Waals surface area contributed by atoms with Crippen molar-refractivity contribution in [3.05, 3.63) is 51.8 Å². The van der Waals surface area contributed by atoms with E-state index in [4.69, 9.17) is 28.9 Å². The van der Waals surface area contributed by atoms with Gasteiger partial charge in [0.1, 0.15) is 5.69 Å². The molecule has 98 valence electrons.